The number of aromatic nitrogens is 1. The van der Waals surface area contributed by atoms with E-state index in [2.05, 4.69) is 35.8 Å². The molecule has 1 heterocycles. The molecule has 4 nitrogen and oxygen atoms in total. The van der Waals surface area contributed by atoms with E-state index < -0.39 is 5.97 Å². The molecule has 0 bridgehead atoms. The first-order valence-electron chi connectivity index (χ1n) is 9.41. The number of nitrogens with one attached hydrogen (secondary N) is 1. The van der Waals surface area contributed by atoms with E-state index in [1.54, 1.807) is 11.8 Å². The highest BCUT2D eigenvalue weighted by molar-refractivity contribution is 7.98. The van der Waals surface area contributed by atoms with Gasteiger partial charge in [0, 0.05) is 46.5 Å². The molecule has 0 saturated heterocycles. The number of benzene rings is 2. The van der Waals surface area contributed by atoms with Crippen LogP contribution in [0.5, 0.6) is 0 Å². The Bertz CT molecular complexity index is 1010. The Morgan fingerprint density at radius 1 is 1.07 bits per heavy atom. The van der Waals surface area contributed by atoms with Crippen molar-refractivity contribution in [2.45, 2.75) is 38.4 Å². The van der Waals surface area contributed by atoms with Gasteiger partial charge in [-0.1, -0.05) is 41.9 Å². The normalized spacial score (nSPS) is 11.0. The van der Waals surface area contributed by atoms with Gasteiger partial charge in [-0.2, -0.15) is 0 Å². The van der Waals surface area contributed by atoms with E-state index in [1.165, 1.54) is 10.5 Å². The summed E-state index contributed by atoms with van der Waals surface area (Å²) in [7, 11) is 0. The number of carbonyl (C=O) groups is 1. The van der Waals surface area contributed by atoms with Gasteiger partial charge in [0.25, 0.3) is 0 Å². The van der Waals surface area contributed by atoms with Crippen molar-refractivity contribution < 1.29 is 9.90 Å². The molecule has 2 aromatic carbocycles. The van der Waals surface area contributed by atoms with Crippen LogP contribution in [-0.2, 0) is 19.6 Å². The Hall–Kier alpha value is -2.21. The molecule has 3 aromatic rings. The maximum Gasteiger partial charge on any atom is 0.337 e. The Morgan fingerprint density at radius 3 is 2.38 bits per heavy atom. The van der Waals surface area contributed by atoms with Gasteiger partial charge in [0.1, 0.15) is 0 Å². The molecule has 0 atom stereocenters. The second-order valence-corrected chi connectivity index (χ2v) is 8.25. The van der Waals surface area contributed by atoms with E-state index in [1.807, 2.05) is 42.7 Å². The minimum absolute atomic E-state index is 0.375. The first-order chi connectivity index (χ1) is 13.9. The Balaban J connectivity index is 1.81. The molecule has 1 aromatic heterocycles. The minimum Gasteiger partial charge on any atom is -0.478 e. The average Bonchev–Trinajstić information content (AvgIpc) is 2.94. The molecular formula is C23H25ClN2O2S. The first-order valence-corrected chi connectivity index (χ1v) is 11.0. The number of nitrogens with zero attached hydrogens (tertiary/aromatic N) is 1. The third kappa shape index (κ3) is 4.86. The lowest BCUT2D eigenvalue weighted by Crippen LogP contribution is -2.15. The summed E-state index contributed by atoms with van der Waals surface area (Å²) >= 11 is 8.03. The zero-order valence-electron chi connectivity index (χ0n) is 16.8. The molecule has 3 rings (SSSR count). The number of thioether (sulfide) groups is 1. The molecule has 0 amide bonds. The van der Waals surface area contributed by atoms with Gasteiger partial charge >= 0.3 is 5.97 Å². The molecule has 0 saturated carbocycles. The third-order valence-corrected chi connectivity index (χ3v) is 6.31. The van der Waals surface area contributed by atoms with Gasteiger partial charge in [-0.3, -0.25) is 0 Å². The molecule has 0 radical (unpaired) electrons. The monoisotopic (exact) mass is 428 g/mol. The number of aromatic carboxylic acids is 1. The highest BCUT2D eigenvalue weighted by atomic mass is 35.5. The van der Waals surface area contributed by atoms with Crippen LogP contribution in [0.15, 0.2) is 53.4 Å². The fraction of sp³-hybridized carbons (Fsp3) is 0.261. The molecule has 6 heteroatoms. The largest absolute Gasteiger partial charge is 0.478 e. The Kier molecular flexibility index (Phi) is 7.06. The summed E-state index contributed by atoms with van der Waals surface area (Å²) in [6, 6.07) is 16.0. The van der Waals surface area contributed by atoms with Crippen molar-refractivity contribution in [3.63, 3.8) is 0 Å². The highest BCUT2D eigenvalue weighted by Crippen LogP contribution is 2.26. The van der Waals surface area contributed by atoms with Gasteiger partial charge in [0.2, 0.25) is 0 Å². The standard InChI is InChI=1S/C23H25ClN2O2S/c1-15-20(13-25-12-17-8-10-19(29-3)11-9-17)22(23(27)28)16(2)26(15)14-18-6-4-5-7-21(18)24/h4-11,25H,12-14H2,1-3H3,(H,27,28). The number of carboxylic acid groups (broad SMARTS) is 1. The van der Waals surface area contributed by atoms with Crippen LogP contribution in [0, 0.1) is 13.8 Å². The second kappa shape index (κ2) is 9.53. The van der Waals surface area contributed by atoms with Crippen LogP contribution in [0.2, 0.25) is 5.02 Å². The lowest BCUT2D eigenvalue weighted by Gasteiger charge is -2.11. The van der Waals surface area contributed by atoms with Crippen molar-refractivity contribution >= 4 is 29.3 Å². The molecule has 0 aliphatic carbocycles. The number of hydrogen-bond acceptors (Lipinski definition) is 3. The molecule has 0 unspecified atom stereocenters. The van der Waals surface area contributed by atoms with Crippen LogP contribution in [0.25, 0.3) is 0 Å². The van der Waals surface area contributed by atoms with E-state index in [4.69, 9.17) is 11.6 Å². The zero-order chi connectivity index (χ0) is 21.0. The summed E-state index contributed by atoms with van der Waals surface area (Å²) in [5.74, 6) is -0.898. The molecule has 0 aliphatic heterocycles. The van der Waals surface area contributed by atoms with E-state index in [0.29, 0.717) is 30.2 Å². The predicted molar refractivity (Wildman–Crippen MR) is 120 cm³/mol. The SMILES string of the molecule is CSc1ccc(CNCc2c(C(=O)O)c(C)n(Cc3ccccc3Cl)c2C)cc1. The van der Waals surface area contributed by atoms with Crippen molar-refractivity contribution in [2.75, 3.05) is 6.26 Å². The summed E-state index contributed by atoms with van der Waals surface area (Å²) in [5, 5.41) is 13.9. The summed E-state index contributed by atoms with van der Waals surface area (Å²) < 4.78 is 2.04. The van der Waals surface area contributed by atoms with Gasteiger partial charge in [-0.25, -0.2) is 4.79 Å². The number of rotatable bonds is 8. The Morgan fingerprint density at radius 2 is 1.76 bits per heavy atom. The summed E-state index contributed by atoms with van der Waals surface area (Å²) in [4.78, 5) is 13.2. The average molecular weight is 429 g/mol. The van der Waals surface area contributed by atoms with Crippen LogP contribution in [0.4, 0.5) is 0 Å². The minimum atomic E-state index is -0.898. The van der Waals surface area contributed by atoms with E-state index >= 15 is 0 Å². The van der Waals surface area contributed by atoms with E-state index in [0.717, 1.165) is 22.5 Å². The summed E-state index contributed by atoms with van der Waals surface area (Å²) in [6.45, 7) is 5.56. The lowest BCUT2D eigenvalue weighted by atomic mass is 10.1. The zero-order valence-corrected chi connectivity index (χ0v) is 18.4. The summed E-state index contributed by atoms with van der Waals surface area (Å²) in [5.41, 5.74) is 5.04. The van der Waals surface area contributed by atoms with Gasteiger partial charge in [-0.15, -0.1) is 11.8 Å². The molecular weight excluding hydrogens is 404 g/mol. The predicted octanol–water partition coefficient (Wildman–Crippen LogP) is 5.52. The lowest BCUT2D eigenvalue weighted by molar-refractivity contribution is 0.0694. The van der Waals surface area contributed by atoms with Crippen molar-refractivity contribution in [3.8, 4) is 0 Å². The first kappa shape index (κ1) is 21.5. The van der Waals surface area contributed by atoms with Gasteiger partial charge in [0.05, 0.1) is 5.56 Å². The van der Waals surface area contributed by atoms with E-state index in [9.17, 15) is 9.90 Å². The third-order valence-electron chi connectivity index (χ3n) is 5.20. The number of hydrogen-bond donors (Lipinski definition) is 2. The molecule has 0 fully saturated rings. The molecule has 0 aliphatic rings. The summed E-state index contributed by atoms with van der Waals surface area (Å²) in [6.07, 6.45) is 2.05. The smallest absolute Gasteiger partial charge is 0.337 e. The number of halogens is 1. The van der Waals surface area contributed by atoms with Crippen LogP contribution < -0.4 is 5.32 Å². The van der Waals surface area contributed by atoms with Crippen LogP contribution in [0.1, 0.15) is 38.4 Å². The van der Waals surface area contributed by atoms with Crippen LogP contribution >= 0.6 is 23.4 Å². The van der Waals surface area contributed by atoms with Crippen molar-refractivity contribution in [2.24, 2.45) is 0 Å². The fourth-order valence-corrected chi connectivity index (χ4v) is 4.16. The molecule has 0 spiro atoms. The van der Waals surface area contributed by atoms with E-state index in [-0.39, 0.29) is 0 Å². The highest BCUT2D eigenvalue weighted by Gasteiger charge is 2.22. The second-order valence-electron chi connectivity index (χ2n) is 6.96. The number of carboxylic acids is 1. The van der Waals surface area contributed by atoms with Crippen molar-refractivity contribution in [1.29, 1.82) is 0 Å². The van der Waals surface area contributed by atoms with Crippen molar-refractivity contribution in [1.82, 2.24) is 9.88 Å². The van der Waals surface area contributed by atoms with Gasteiger partial charge < -0.3 is 15.0 Å². The van der Waals surface area contributed by atoms with Gasteiger partial charge in [0.15, 0.2) is 0 Å². The Labute approximate surface area is 180 Å². The van der Waals surface area contributed by atoms with Crippen molar-refractivity contribution in [3.05, 3.63) is 87.2 Å². The molecule has 152 valence electrons. The quantitative estimate of drug-likeness (QED) is 0.464. The van der Waals surface area contributed by atoms with Gasteiger partial charge in [-0.05, 0) is 49.4 Å². The molecule has 2 N–H and O–H groups in total. The fourth-order valence-electron chi connectivity index (χ4n) is 3.56. The maximum atomic E-state index is 12.0. The molecule has 29 heavy (non-hydrogen) atoms. The van der Waals surface area contributed by atoms with Crippen LogP contribution in [0.3, 0.4) is 0 Å². The van der Waals surface area contributed by atoms with Crippen LogP contribution in [-0.4, -0.2) is 21.9 Å². The maximum absolute atomic E-state index is 12.0. The topological polar surface area (TPSA) is 54.3 Å².